The molecule has 1 unspecified atom stereocenters. The number of hydrogen-bond donors (Lipinski definition) is 0. The lowest BCUT2D eigenvalue weighted by atomic mass is 10.1. The third kappa shape index (κ3) is 4.37. The second-order valence-electron chi connectivity index (χ2n) is 4.20. The van der Waals surface area contributed by atoms with Crippen molar-refractivity contribution in [3.63, 3.8) is 0 Å². The van der Waals surface area contributed by atoms with Crippen LogP contribution in [0.3, 0.4) is 0 Å². The largest absolute Gasteiger partial charge is 0.383 e. The maximum absolute atomic E-state index is 12.3. The predicted molar refractivity (Wildman–Crippen MR) is 80.4 cm³/mol. The minimum absolute atomic E-state index is 0.0283. The Morgan fingerprint density at radius 1 is 1.50 bits per heavy atom. The maximum atomic E-state index is 12.3. The first-order valence-electron chi connectivity index (χ1n) is 5.60. The number of amides is 1. The number of methoxy groups -OCH3 is 1. The molecule has 1 atom stereocenters. The number of carbonyl (C=O) groups excluding carboxylic acids is 1. The van der Waals surface area contributed by atoms with E-state index in [-0.39, 0.29) is 10.7 Å². The second kappa shape index (κ2) is 7.26. The van der Waals surface area contributed by atoms with E-state index in [1.807, 2.05) is 25.1 Å². The predicted octanol–water partition coefficient (Wildman–Crippen LogP) is 3.24. The summed E-state index contributed by atoms with van der Waals surface area (Å²) < 4.78 is 6.02. The average molecular weight is 379 g/mol. The summed E-state index contributed by atoms with van der Waals surface area (Å²) in [6, 6.07) is 5.68. The molecule has 0 radical (unpaired) electrons. The van der Waals surface area contributed by atoms with Gasteiger partial charge in [0.1, 0.15) is 0 Å². The van der Waals surface area contributed by atoms with Gasteiger partial charge in [0.25, 0.3) is 5.91 Å². The van der Waals surface area contributed by atoms with Gasteiger partial charge in [-0.2, -0.15) is 0 Å². The van der Waals surface area contributed by atoms with E-state index in [0.717, 1.165) is 15.6 Å². The molecule has 1 aromatic rings. The molecule has 1 rings (SSSR count). The van der Waals surface area contributed by atoms with Gasteiger partial charge >= 0.3 is 0 Å². The molecule has 0 aliphatic carbocycles. The zero-order valence-electron chi connectivity index (χ0n) is 10.7. The number of nitrogens with zero attached hydrogens (tertiary/aromatic N) is 1. The van der Waals surface area contributed by atoms with E-state index < -0.39 is 0 Å². The monoisotopic (exact) mass is 377 g/mol. The van der Waals surface area contributed by atoms with E-state index in [0.29, 0.717) is 13.2 Å². The van der Waals surface area contributed by atoms with Crippen molar-refractivity contribution in [3.8, 4) is 0 Å². The van der Waals surface area contributed by atoms with E-state index in [1.54, 1.807) is 19.1 Å². The summed E-state index contributed by atoms with van der Waals surface area (Å²) in [5.41, 5.74) is 1.71. The van der Waals surface area contributed by atoms with Gasteiger partial charge in [-0.25, -0.2) is 0 Å². The third-order valence-electron chi connectivity index (χ3n) is 2.59. The van der Waals surface area contributed by atoms with Crippen molar-refractivity contribution >= 4 is 37.8 Å². The van der Waals surface area contributed by atoms with Crippen molar-refractivity contribution in [2.24, 2.45) is 0 Å². The van der Waals surface area contributed by atoms with Crippen molar-refractivity contribution in [2.45, 2.75) is 11.8 Å². The molecule has 0 spiro atoms. The summed E-state index contributed by atoms with van der Waals surface area (Å²) in [7, 11) is 3.45. The first-order valence-corrected chi connectivity index (χ1v) is 7.31. The summed E-state index contributed by atoms with van der Waals surface area (Å²) in [6.45, 7) is 3.13. The van der Waals surface area contributed by atoms with Crippen molar-refractivity contribution in [1.29, 1.82) is 0 Å². The quantitative estimate of drug-likeness (QED) is 0.736. The maximum Gasteiger partial charge on any atom is 0.253 e. The van der Waals surface area contributed by atoms with Gasteiger partial charge in [-0.15, -0.1) is 0 Å². The zero-order chi connectivity index (χ0) is 13.7. The fourth-order valence-electron chi connectivity index (χ4n) is 1.69. The fraction of sp³-hybridized carbons (Fsp3) is 0.462. The molecule has 1 amide bonds. The molecule has 0 bridgehead atoms. The van der Waals surface area contributed by atoms with Crippen LogP contribution < -0.4 is 0 Å². The van der Waals surface area contributed by atoms with Gasteiger partial charge in [0.05, 0.1) is 11.4 Å². The number of aryl methyl sites for hydroxylation is 1. The average Bonchev–Trinajstić information content (AvgIpc) is 2.28. The molecule has 0 fully saturated rings. The molecule has 100 valence electrons. The molecule has 0 heterocycles. The van der Waals surface area contributed by atoms with E-state index in [4.69, 9.17) is 4.74 Å². The summed E-state index contributed by atoms with van der Waals surface area (Å²) in [5, 5.41) is 0. The minimum Gasteiger partial charge on any atom is -0.383 e. The van der Waals surface area contributed by atoms with Gasteiger partial charge in [-0.05, 0) is 30.7 Å². The Morgan fingerprint density at radius 3 is 2.72 bits per heavy atom. The lowest BCUT2D eigenvalue weighted by Gasteiger charge is -2.21. The Labute approximate surface area is 125 Å². The third-order valence-corrected chi connectivity index (χ3v) is 3.63. The van der Waals surface area contributed by atoms with Crippen LogP contribution in [0.1, 0.15) is 15.9 Å². The van der Waals surface area contributed by atoms with Crippen molar-refractivity contribution in [1.82, 2.24) is 4.90 Å². The summed E-state index contributed by atoms with van der Waals surface area (Å²) in [6.07, 6.45) is 0. The first-order chi connectivity index (χ1) is 8.45. The highest BCUT2D eigenvalue weighted by Gasteiger charge is 2.16. The zero-order valence-corrected chi connectivity index (χ0v) is 13.9. The van der Waals surface area contributed by atoms with Crippen LogP contribution in [0.15, 0.2) is 22.7 Å². The van der Waals surface area contributed by atoms with Crippen LogP contribution in [0.2, 0.25) is 0 Å². The number of ether oxygens (including phenoxy) is 1. The van der Waals surface area contributed by atoms with Crippen LogP contribution in [0.25, 0.3) is 0 Å². The molecule has 1 aromatic carbocycles. The van der Waals surface area contributed by atoms with Crippen LogP contribution in [0.5, 0.6) is 0 Å². The first kappa shape index (κ1) is 15.7. The Bertz CT molecular complexity index is 423. The van der Waals surface area contributed by atoms with Crippen molar-refractivity contribution in [2.75, 3.05) is 27.3 Å². The van der Waals surface area contributed by atoms with Crippen LogP contribution in [-0.2, 0) is 4.74 Å². The van der Waals surface area contributed by atoms with Gasteiger partial charge in [-0.1, -0.05) is 31.9 Å². The van der Waals surface area contributed by atoms with Gasteiger partial charge in [0.15, 0.2) is 0 Å². The van der Waals surface area contributed by atoms with Crippen LogP contribution in [0, 0.1) is 6.92 Å². The molecule has 18 heavy (non-hydrogen) atoms. The van der Waals surface area contributed by atoms with E-state index in [9.17, 15) is 4.79 Å². The number of alkyl halides is 1. The molecule has 0 aromatic heterocycles. The number of benzene rings is 1. The molecule has 0 aliphatic rings. The Morgan fingerprint density at radius 2 is 2.17 bits per heavy atom. The van der Waals surface area contributed by atoms with Crippen molar-refractivity contribution in [3.05, 3.63) is 33.8 Å². The number of hydrogen-bond acceptors (Lipinski definition) is 2. The molecule has 5 heteroatoms. The van der Waals surface area contributed by atoms with E-state index >= 15 is 0 Å². The van der Waals surface area contributed by atoms with Gasteiger partial charge in [0.2, 0.25) is 0 Å². The minimum atomic E-state index is 0.0283. The number of carbonyl (C=O) groups is 1. The Kier molecular flexibility index (Phi) is 6.32. The Balaban J connectivity index is 2.74. The Hall–Kier alpha value is -0.390. The van der Waals surface area contributed by atoms with Crippen molar-refractivity contribution < 1.29 is 9.53 Å². The second-order valence-corrected chi connectivity index (χ2v) is 6.41. The van der Waals surface area contributed by atoms with Crippen LogP contribution in [-0.4, -0.2) is 42.9 Å². The normalized spacial score (nSPS) is 12.3. The highest BCUT2D eigenvalue weighted by molar-refractivity contribution is 9.10. The summed E-state index contributed by atoms with van der Waals surface area (Å²) in [4.78, 5) is 14.1. The summed E-state index contributed by atoms with van der Waals surface area (Å²) in [5.74, 6) is 0.0283. The van der Waals surface area contributed by atoms with Gasteiger partial charge in [-0.3, -0.25) is 4.79 Å². The van der Waals surface area contributed by atoms with E-state index in [2.05, 4.69) is 31.9 Å². The topological polar surface area (TPSA) is 29.5 Å². The molecule has 0 saturated carbocycles. The summed E-state index contributed by atoms with van der Waals surface area (Å²) >= 11 is 6.88. The highest BCUT2D eigenvalue weighted by atomic mass is 79.9. The SMILES string of the molecule is COCC(Br)CN(C)C(=O)c1ccc(Br)cc1C. The molecular weight excluding hydrogens is 362 g/mol. The number of halogens is 2. The van der Waals surface area contributed by atoms with Gasteiger partial charge in [0, 0.05) is 30.7 Å². The highest BCUT2D eigenvalue weighted by Crippen LogP contribution is 2.17. The molecule has 0 saturated heterocycles. The van der Waals surface area contributed by atoms with Gasteiger partial charge < -0.3 is 9.64 Å². The van der Waals surface area contributed by atoms with Crippen LogP contribution >= 0.6 is 31.9 Å². The number of rotatable bonds is 5. The van der Waals surface area contributed by atoms with Crippen LogP contribution in [0.4, 0.5) is 0 Å². The lowest BCUT2D eigenvalue weighted by Crippen LogP contribution is -2.34. The molecular formula is C13H17Br2NO2. The lowest BCUT2D eigenvalue weighted by molar-refractivity contribution is 0.0783. The standard InChI is InChI=1S/C13H17Br2NO2/c1-9-6-10(14)4-5-12(9)13(17)16(2)7-11(15)8-18-3/h4-6,11H,7-8H2,1-3H3. The fourth-order valence-corrected chi connectivity index (χ4v) is 2.86. The smallest absolute Gasteiger partial charge is 0.253 e. The molecule has 3 nitrogen and oxygen atoms in total. The van der Waals surface area contributed by atoms with E-state index in [1.165, 1.54) is 0 Å². The molecule has 0 aliphatic heterocycles. The molecule has 0 N–H and O–H groups in total.